The van der Waals surface area contributed by atoms with E-state index in [0.717, 1.165) is 6.07 Å². The molecule has 26 heavy (non-hydrogen) atoms. The summed E-state index contributed by atoms with van der Waals surface area (Å²) in [6.45, 7) is 1.40. The van der Waals surface area contributed by atoms with Crippen LogP contribution in [0.1, 0.15) is 34.5 Å². The quantitative estimate of drug-likeness (QED) is 0.635. The highest BCUT2D eigenvalue weighted by molar-refractivity contribution is 9.10. The Morgan fingerprint density at radius 3 is 2.77 bits per heavy atom. The molecule has 2 aromatic heterocycles. The van der Waals surface area contributed by atoms with Crippen LogP contribution in [0.5, 0.6) is 0 Å². The van der Waals surface area contributed by atoms with Gasteiger partial charge in [0, 0.05) is 11.8 Å². The van der Waals surface area contributed by atoms with Crippen LogP contribution in [0.15, 0.2) is 41.3 Å². The molecule has 3 aromatic rings. The van der Waals surface area contributed by atoms with E-state index >= 15 is 0 Å². The SMILES string of the molecule is C[C@@H](NC(=O)c1cc(Br)c2ncnn2c1)c1cccc(C(F)(F)F)c1F. The fraction of sp³-hybridized carbons (Fsp3) is 0.188. The molecule has 0 aliphatic rings. The summed E-state index contributed by atoms with van der Waals surface area (Å²) in [4.78, 5) is 16.4. The molecule has 0 bridgehead atoms. The van der Waals surface area contributed by atoms with Crippen molar-refractivity contribution in [3.63, 3.8) is 0 Å². The maximum atomic E-state index is 14.2. The molecule has 0 spiro atoms. The Bertz CT molecular complexity index is 986. The molecule has 0 saturated heterocycles. The molecule has 0 saturated carbocycles. The van der Waals surface area contributed by atoms with Crippen LogP contribution in [-0.2, 0) is 6.18 Å². The van der Waals surface area contributed by atoms with Gasteiger partial charge in [0.05, 0.1) is 21.6 Å². The van der Waals surface area contributed by atoms with E-state index < -0.39 is 29.5 Å². The largest absolute Gasteiger partial charge is 0.419 e. The monoisotopic (exact) mass is 430 g/mol. The van der Waals surface area contributed by atoms with Gasteiger partial charge >= 0.3 is 6.18 Å². The van der Waals surface area contributed by atoms with Crippen molar-refractivity contribution < 1.29 is 22.4 Å². The van der Waals surface area contributed by atoms with Gasteiger partial charge in [0.15, 0.2) is 5.65 Å². The number of carbonyl (C=O) groups is 1. The minimum Gasteiger partial charge on any atom is -0.345 e. The fourth-order valence-electron chi connectivity index (χ4n) is 2.47. The summed E-state index contributed by atoms with van der Waals surface area (Å²) in [5.41, 5.74) is -0.940. The van der Waals surface area contributed by atoms with E-state index in [1.807, 2.05) is 0 Å². The van der Waals surface area contributed by atoms with Crippen molar-refractivity contribution in [1.29, 1.82) is 0 Å². The highest BCUT2D eigenvalue weighted by Gasteiger charge is 2.35. The van der Waals surface area contributed by atoms with Crippen molar-refractivity contribution in [2.75, 3.05) is 0 Å². The summed E-state index contributed by atoms with van der Waals surface area (Å²) < 4.78 is 54.6. The average Bonchev–Trinajstić information content (AvgIpc) is 3.02. The minimum atomic E-state index is -4.81. The third-order valence-corrected chi connectivity index (χ3v) is 4.32. The third kappa shape index (κ3) is 3.41. The number of hydrogen-bond donors (Lipinski definition) is 1. The summed E-state index contributed by atoms with van der Waals surface area (Å²) in [5, 5.41) is 6.41. The summed E-state index contributed by atoms with van der Waals surface area (Å²) in [6.07, 6.45) is -2.09. The second-order valence-corrected chi connectivity index (χ2v) is 6.36. The smallest absolute Gasteiger partial charge is 0.345 e. The normalized spacial score (nSPS) is 13.0. The van der Waals surface area contributed by atoms with Gasteiger partial charge in [-0.2, -0.15) is 18.3 Å². The predicted molar refractivity (Wildman–Crippen MR) is 88.0 cm³/mol. The van der Waals surface area contributed by atoms with Gasteiger partial charge in [-0.3, -0.25) is 4.79 Å². The lowest BCUT2D eigenvalue weighted by atomic mass is 10.0. The zero-order valence-corrected chi connectivity index (χ0v) is 14.8. The van der Waals surface area contributed by atoms with Gasteiger partial charge < -0.3 is 5.32 Å². The number of rotatable bonds is 3. The summed E-state index contributed by atoms with van der Waals surface area (Å²) in [7, 11) is 0. The van der Waals surface area contributed by atoms with E-state index in [0.29, 0.717) is 16.2 Å². The number of fused-ring (bicyclic) bond motifs is 1. The maximum Gasteiger partial charge on any atom is 0.419 e. The number of benzene rings is 1. The number of nitrogens with one attached hydrogen (secondary N) is 1. The van der Waals surface area contributed by atoms with Gasteiger partial charge in [-0.1, -0.05) is 12.1 Å². The fourth-order valence-corrected chi connectivity index (χ4v) is 3.00. The van der Waals surface area contributed by atoms with Gasteiger partial charge in [0.1, 0.15) is 12.1 Å². The molecule has 1 aromatic carbocycles. The lowest BCUT2D eigenvalue weighted by Crippen LogP contribution is -2.28. The van der Waals surface area contributed by atoms with Crippen LogP contribution >= 0.6 is 15.9 Å². The molecule has 5 nitrogen and oxygen atoms in total. The molecule has 0 aliphatic heterocycles. The van der Waals surface area contributed by atoms with Crippen LogP contribution in [0.25, 0.3) is 5.65 Å². The Morgan fingerprint density at radius 2 is 2.08 bits per heavy atom. The van der Waals surface area contributed by atoms with Gasteiger partial charge in [-0.25, -0.2) is 13.9 Å². The first-order valence-electron chi connectivity index (χ1n) is 7.34. The number of nitrogens with zero attached hydrogens (tertiary/aromatic N) is 3. The Kier molecular flexibility index (Phi) is 4.70. The van der Waals surface area contributed by atoms with Crippen LogP contribution in [0.3, 0.4) is 0 Å². The van der Waals surface area contributed by atoms with Crippen molar-refractivity contribution in [2.45, 2.75) is 19.1 Å². The van der Waals surface area contributed by atoms with Gasteiger partial charge in [-0.15, -0.1) is 0 Å². The van der Waals surface area contributed by atoms with E-state index in [1.54, 1.807) is 0 Å². The Morgan fingerprint density at radius 1 is 1.35 bits per heavy atom. The lowest BCUT2D eigenvalue weighted by molar-refractivity contribution is -0.140. The second-order valence-electron chi connectivity index (χ2n) is 5.51. The Hall–Kier alpha value is -2.49. The summed E-state index contributed by atoms with van der Waals surface area (Å²) in [5.74, 6) is -1.99. The number of aromatic nitrogens is 3. The first-order chi connectivity index (χ1) is 12.2. The zero-order chi connectivity index (χ0) is 19.1. The number of halogens is 5. The lowest BCUT2D eigenvalue weighted by Gasteiger charge is -2.18. The molecule has 1 N–H and O–H groups in total. The van der Waals surface area contributed by atoms with E-state index in [2.05, 4.69) is 31.3 Å². The van der Waals surface area contributed by atoms with Crippen molar-refractivity contribution in [1.82, 2.24) is 19.9 Å². The molecule has 10 heteroatoms. The maximum absolute atomic E-state index is 14.2. The molecule has 1 amide bonds. The van der Waals surface area contributed by atoms with Gasteiger partial charge in [0.2, 0.25) is 0 Å². The Labute approximate surface area is 153 Å². The van der Waals surface area contributed by atoms with Crippen LogP contribution in [0.2, 0.25) is 0 Å². The van der Waals surface area contributed by atoms with Crippen molar-refractivity contribution >= 4 is 27.5 Å². The van der Waals surface area contributed by atoms with Crippen LogP contribution in [0.4, 0.5) is 17.6 Å². The molecule has 1 atom stereocenters. The third-order valence-electron chi connectivity index (χ3n) is 3.74. The van der Waals surface area contributed by atoms with Gasteiger partial charge in [-0.05, 0) is 35.0 Å². The highest BCUT2D eigenvalue weighted by Crippen LogP contribution is 2.33. The molecule has 0 unspecified atom stereocenters. The van der Waals surface area contributed by atoms with Crippen LogP contribution < -0.4 is 5.32 Å². The van der Waals surface area contributed by atoms with Crippen molar-refractivity contribution in [3.8, 4) is 0 Å². The standard InChI is InChI=1S/C16H11BrF4N4O/c1-8(10-3-2-4-11(13(10)18)16(19,20)21)24-15(26)9-5-12(17)14-22-7-23-25(14)6-9/h2-8H,1H3,(H,24,26)/t8-/m1/s1. The molecule has 3 rings (SSSR count). The van der Waals surface area contributed by atoms with Crippen LogP contribution in [0, 0.1) is 5.82 Å². The Balaban J connectivity index is 1.87. The highest BCUT2D eigenvalue weighted by atomic mass is 79.9. The predicted octanol–water partition coefficient (Wildman–Crippen LogP) is 4.14. The molecular weight excluding hydrogens is 420 g/mol. The number of carbonyl (C=O) groups excluding carboxylic acids is 1. The number of hydrogen-bond acceptors (Lipinski definition) is 3. The van der Waals surface area contributed by atoms with E-state index in [9.17, 15) is 22.4 Å². The minimum absolute atomic E-state index is 0.189. The molecule has 0 fully saturated rings. The summed E-state index contributed by atoms with van der Waals surface area (Å²) in [6, 6.07) is 3.47. The zero-order valence-electron chi connectivity index (χ0n) is 13.2. The first kappa shape index (κ1) is 18.3. The second kappa shape index (κ2) is 6.67. The van der Waals surface area contributed by atoms with Gasteiger partial charge in [0.25, 0.3) is 5.91 Å². The number of pyridine rings is 1. The molecular formula is C16H11BrF4N4O. The van der Waals surface area contributed by atoms with Crippen molar-refractivity contribution in [2.24, 2.45) is 0 Å². The topological polar surface area (TPSA) is 59.3 Å². The summed E-state index contributed by atoms with van der Waals surface area (Å²) >= 11 is 3.26. The van der Waals surface area contributed by atoms with E-state index in [-0.39, 0.29) is 11.1 Å². The first-order valence-corrected chi connectivity index (χ1v) is 8.13. The average molecular weight is 431 g/mol. The van der Waals surface area contributed by atoms with Crippen LogP contribution in [-0.4, -0.2) is 20.5 Å². The molecule has 0 radical (unpaired) electrons. The number of amides is 1. The van der Waals surface area contributed by atoms with E-state index in [1.165, 1.54) is 36.1 Å². The molecule has 0 aliphatic carbocycles. The molecule has 2 heterocycles. The molecule has 136 valence electrons. The number of alkyl halides is 3. The van der Waals surface area contributed by atoms with E-state index in [4.69, 9.17) is 0 Å². The van der Waals surface area contributed by atoms with Crippen molar-refractivity contribution in [3.05, 3.63) is 63.8 Å².